The molecule has 0 aromatic rings. The molecule has 1 unspecified atom stereocenters. The van der Waals surface area contributed by atoms with E-state index in [0.29, 0.717) is 13.2 Å². The number of nitrogens with one attached hydrogen (secondary N) is 1. The molecule has 6 nitrogen and oxygen atoms in total. The second-order valence-corrected chi connectivity index (χ2v) is 3.60. The van der Waals surface area contributed by atoms with Gasteiger partial charge in [0.2, 0.25) is 5.91 Å². The summed E-state index contributed by atoms with van der Waals surface area (Å²) in [5.41, 5.74) is 5.41. The summed E-state index contributed by atoms with van der Waals surface area (Å²) in [5.74, 6) is -1.46. The molecule has 86 valence electrons. The van der Waals surface area contributed by atoms with Crippen LogP contribution in [0.1, 0.15) is 19.3 Å². The van der Waals surface area contributed by atoms with Gasteiger partial charge >= 0.3 is 5.97 Å². The number of nitrogens with two attached hydrogens (primary N) is 1. The molecule has 1 heterocycles. The monoisotopic (exact) mass is 216 g/mol. The number of amides is 1. The highest BCUT2D eigenvalue weighted by Gasteiger charge is 2.21. The van der Waals surface area contributed by atoms with E-state index in [-0.39, 0.29) is 12.5 Å². The summed E-state index contributed by atoms with van der Waals surface area (Å²) >= 11 is 0. The second kappa shape index (κ2) is 5.67. The molecule has 0 radical (unpaired) electrons. The van der Waals surface area contributed by atoms with E-state index in [1.165, 1.54) is 0 Å². The summed E-state index contributed by atoms with van der Waals surface area (Å²) in [6, 6.07) is -0.906. The highest BCUT2D eigenvalue weighted by Crippen LogP contribution is 2.06. The molecule has 1 aliphatic rings. The lowest BCUT2D eigenvalue weighted by Gasteiger charge is -2.24. The van der Waals surface area contributed by atoms with E-state index in [1.807, 2.05) is 0 Å². The second-order valence-electron chi connectivity index (χ2n) is 3.60. The van der Waals surface area contributed by atoms with Crippen LogP contribution in [-0.2, 0) is 14.3 Å². The Morgan fingerprint density at radius 2 is 2.07 bits per heavy atom. The summed E-state index contributed by atoms with van der Waals surface area (Å²) in [7, 11) is 0. The molecule has 1 amide bonds. The molecule has 0 aromatic carbocycles. The smallest absolute Gasteiger partial charge is 0.305 e. The molecule has 0 spiro atoms. The first kappa shape index (κ1) is 11.9. The van der Waals surface area contributed by atoms with Gasteiger partial charge in [0.15, 0.2) is 0 Å². The molecule has 0 bridgehead atoms. The average Bonchev–Trinajstić information content (AvgIpc) is 2.18. The first-order valence-electron chi connectivity index (χ1n) is 4.95. The van der Waals surface area contributed by atoms with Gasteiger partial charge in [-0.1, -0.05) is 0 Å². The van der Waals surface area contributed by atoms with Crippen LogP contribution in [0.15, 0.2) is 0 Å². The number of carbonyl (C=O) groups is 2. The first-order valence-corrected chi connectivity index (χ1v) is 4.95. The zero-order chi connectivity index (χ0) is 11.3. The standard InChI is InChI=1S/C9H16N2O4/c10-7(5-8(12)13)9(14)11-6-1-3-15-4-2-6/h6-7H,1-5,10H2,(H,11,14)(H,12,13). The molecule has 4 N–H and O–H groups in total. The maximum atomic E-state index is 11.4. The van der Waals surface area contributed by atoms with Gasteiger partial charge in [-0.15, -0.1) is 0 Å². The van der Waals surface area contributed by atoms with Crippen LogP contribution in [0.5, 0.6) is 0 Å². The number of rotatable bonds is 4. The van der Waals surface area contributed by atoms with Crippen molar-refractivity contribution in [2.75, 3.05) is 13.2 Å². The van der Waals surface area contributed by atoms with Crippen LogP contribution < -0.4 is 11.1 Å². The quantitative estimate of drug-likeness (QED) is 0.564. The molecule has 0 aliphatic carbocycles. The van der Waals surface area contributed by atoms with E-state index < -0.39 is 17.9 Å². The minimum atomic E-state index is -1.07. The predicted octanol–water partition coefficient (Wildman–Crippen LogP) is -0.916. The van der Waals surface area contributed by atoms with Crippen molar-refractivity contribution < 1.29 is 19.4 Å². The van der Waals surface area contributed by atoms with Crippen LogP contribution in [0.4, 0.5) is 0 Å². The van der Waals surface area contributed by atoms with E-state index in [0.717, 1.165) is 12.8 Å². The van der Waals surface area contributed by atoms with Crippen molar-refractivity contribution in [1.82, 2.24) is 5.32 Å². The van der Waals surface area contributed by atoms with Crippen LogP contribution in [-0.4, -0.2) is 42.3 Å². The predicted molar refractivity (Wildman–Crippen MR) is 52.2 cm³/mol. The van der Waals surface area contributed by atoms with E-state index in [2.05, 4.69) is 5.32 Å². The summed E-state index contributed by atoms with van der Waals surface area (Å²) in [6.07, 6.45) is 1.17. The van der Waals surface area contributed by atoms with Gasteiger partial charge < -0.3 is 20.9 Å². The summed E-state index contributed by atoms with van der Waals surface area (Å²) in [4.78, 5) is 21.7. The Kier molecular flexibility index (Phi) is 4.51. The van der Waals surface area contributed by atoms with Crippen molar-refractivity contribution in [1.29, 1.82) is 0 Å². The number of carboxylic acids is 1. The number of carboxylic acid groups (broad SMARTS) is 1. The van der Waals surface area contributed by atoms with Gasteiger partial charge in [0.25, 0.3) is 0 Å². The summed E-state index contributed by atoms with van der Waals surface area (Å²) < 4.78 is 5.13. The lowest BCUT2D eigenvalue weighted by molar-refractivity contribution is -0.139. The molecule has 0 saturated carbocycles. The van der Waals surface area contributed by atoms with Crippen molar-refractivity contribution in [3.05, 3.63) is 0 Å². The van der Waals surface area contributed by atoms with E-state index in [4.69, 9.17) is 15.6 Å². The third-order valence-corrected chi connectivity index (χ3v) is 2.30. The minimum absolute atomic E-state index is 0.0612. The molecule has 15 heavy (non-hydrogen) atoms. The highest BCUT2D eigenvalue weighted by atomic mass is 16.5. The third-order valence-electron chi connectivity index (χ3n) is 2.30. The van der Waals surface area contributed by atoms with Gasteiger partial charge in [-0.05, 0) is 12.8 Å². The van der Waals surface area contributed by atoms with E-state index in [9.17, 15) is 9.59 Å². The lowest BCUT2D eigenvalue weighted by atomic mass is 10.1. The number of ether oxygens (including phenoxy) is 1. The minimum Gasteiger partial charge on any atom is -0.481 e. The molecular formula is C9H16N2O4. The summed E-state index contributed by atoms with van der Waals surface area (Å²) in [5, 5.41) is 11.2. The third kappa shape index (κ3) is 4.26. The largest absolute Gasteiger partial charge is 0.481 e. The number of hydrogen-bond donors (Lipinski definition) is 3. The Morgan fingerprint density at radius 1 is 1.47 bits per heavy atom. The maximum Gasteiger partial charge on any atom is 0.305 e. The Labute approximate surface area is 87.8 Å². The van der Waals surface area contributed by atoms with E-state index >= 15 is 0 Å². The highest BCUT2D eigenvalue weighted by molar-refractivity contribution is 5.86. The zero-order valence-corrected chi connectivity index (χ0v) is 8.44. The van der Waals surface area contributed by atoms with Gasteiger partial charge in [0, 0.05) is 19.3 Å². The fourth-order valence-corrected chi connectivity index (χ4v) is 1.43. The molecule has 1 atom stereocenters. The van der Waals surface area contributed by atoms with Crippen molar-refractivity contribution in [2.24, 2.45) is 5.73 Å². The molecule has 1 aliphatic heterocycles. The molecule has 1 rings (SSSR count). The Hall–Kier alpha value is -1.14. The fourth-order valence-electron chi connectivity index (χ4n) is 1.43. The normalized spacial score (nSPS) is 19.5. The number of aliphatic carboxylic acids is 1. The zero-order valence-electron chi connectivity index (χ0n) is 8.44. The van der Waals surface area contributed by atoms with Gasteiger partial charge in [-0.3, -0.25) is 9.59 Å². The molecule has 6 heteroatoms. The van der Waals surface area contributed by atoms with Crippen LogP contribution in [0.3, 0.4) is 0 Å². The molecule has 1 saturated heterocycles. The van der Waals surface area contributed by atoms with Crippen molar-refractivity contribution in [3.8, 4) is 0 Å². The van der Waals surface area contributed by atoms with Crippen molar-refractivity contribution in [3.63, 3.8) is 0 Å². The number of hydrogen-bond acceptors (Lipinski definition) is 4. The van der Waals surface area contributed by atoms with Crippen LogP contribution >= 0.6 is 0 Å². The topological polar surface area (TPSA) is 102 Å². The summed E-state index contributed by atoms with van der Waals surface area (Å²) in [6.45, 7) is 1.25. The van der Waals surface area contributed by atoms with Crippen molar-refractivity contribution >= 4 is 11.9 Å². The Bertz CT molecular complexity index is 238. The Morgan fingerprint density at radius 3 is 2.60 bits per heavy atom. The fraction of sp³-hybridized carbons (Fsp3) is 0.778. The van der Waals surface area contributed by atoms with Gasteiger partial charge in [-0.25, -0.2) is 0 Å². The van der Waals surface area contributed by atoms with E-state index in [1.54, 1.807) is 0 Å². The van der Waals surface area contributed by atoms with Crippen molar-refractivity contribution in [2.45, 2.75) is 31.3 Å². The SMILES string of the molecule is NC(CC(=O)O)C(=O)NC1CCOCC1. The van der Waals surface area contributed by atoms with Gasteiger partial charge in [0.05, 0.1) is 12.5 Å². The molecule has 0 aromatic heterocycles. The molecular weight excluding hydrogens is 200 g/mol. The van der Waals surface area contributed by atoms with Crippen LogP contribution in [0.25, 0.3) is 0 Å². The lowest BCUT2D eigenvalue weighted by Crippen LogP contribution is -2.47. The first-order chi connectivity index (χ1) is 7.09. The van der Waals surface area contributed by atoms with Gasteiger partial charge in [0.1, 0.15) is 0 Å². The van der Waals surface area contributed by atoms with Crippen LogP contribution in [0.2, 0.25) is 0 Å². The Balaban J connectivity index is 2.30. The average molecular weight is 216 g/mol. The van der Waals surface area contributed by atoms with Gasteiger partial charge in [-0.2, -0.15) is 0 Å². The van der Waals surface area contributed by atoms with Crippen LogP contribution in [0, 0.1) is 0 Å². The molecule has 1 fully saturated rings. The maximum absolute atomic E-state index is 11.4. The number of carbonyl (C=O) groups excluding carboxylic acids is 1.